The van der Waals surface area contributed by atoms with Crippen molar-refractivity contribution in [3.8, 4) is 22.8 Å². The molecule has 1 fully saturated rings. The standard InChI is InChI=1S/C31H31N3O5/c1-4-37-29(35)16-22-9-8-12-26(15-22)38-28-14-13-24(27-18-32-21(3)33-27)17-25(28)19-34-20(2)30(39-31(34)36)23-10-6-5-7-11-23/h5-15,17-18,20,30H,4,16,19H2,1-3H3,(H,32,33). The van der Waals surface area contributed by atoms with Crippen LogP contribution in [0.4, 0.5) is 4.79 Å². The SMILES string of the molecule is CCOC(=O)Cc1cccc(Oc2ccc(-c3cnc(C)[nH]3)cc2CN2C(=O)OC(c3ccccc3)C2C)c1. The number of imidazole rings is 1. The number of benzene rings is 3. The molecule has 4 aromatic rings. The van der Waals surface area contributed by atoms with Crippen LogP contribution < -0.4 is 4.74 Å². The van der Waals surface area contributed by atoms with Gasteiger partial charge in [0.25, 0.3) is 0 Å². The molecular formula is C31H31N3O5. The van der Waals surface area contributed by atoms with Gasteiger partial charge in [0.05, 0.1) is 37.5 Å². The number of cyclic esters (lactones) is 1. The molecule has 8 heteroatoms. The lowest BCUT2D eigenvalue weighted by Crippen LogP contribution is -2.31. The number of H-pyrrole nitrogens is 1. The maximum absolute atomic E-state index is 13.0. The zero-order valence-corrected chi connectivity index (χ0v) is 22.2. The minimum Gasteiger partial charge on any atom is -0.466 e. The second-order valence-electron chi connectivity index (χ2n) is 9.52. The Balaban J connectivity index is 1.44. The Hall–Kier alpha value is -4.59. The van der Waals surface area contributed by atoms with Gasteiger partial charge >= 0.3 is 12.1 Å². The predicted octanol–water partition coefficient (Wildman–Crippen LogP) is 6.37. The maximum Gasteiger partial charge on any atom is 0.411 e. The Morgan fingerprint density at radius 2 is 1.90 bits per heavy atom. The molecule has 0 aliphatic carbocycles. The number of hydrogen-bond acceptors (Lipinski definition) is 6. The average molecular weight is 526 g/mol. The predicted molar refractivity (Wildman–Crippen MR) is 146 cm³/mol. The second-order valence-corrected chi connectivity index (χ2v) is 9.52. The number of aromatic amines is 1. The minimum absolute atomic E-state index is 0.161. The number of nitrogens with one attached hydrogen (secondary N) is 1. The van der Waals surface area contributed by atoms with Crippen molar-refractivity contribution in [1.29, 1.82) is 0 Å². The Bertz CT molecular complexity index is 1470. The summed E-state index contributed by atoms with van der Waals surface area (Å²) in [6.45, 7) is 6.30. The van der Waals surface area contributed by atoms with E-state index in [4.69, 9.17) is 14.2 Å². The quantitative estimate of drug-likeness (QED) is 0.255. The number of esters is 1. The first-order valence-electron chi connectivity index (χ1n) is 13.0. The number of nitrogens with zero attached hydrogens (tertiary/aromatic N) is 2. The topological polar surface area (TPSA) is 93.8 Å². The molecule has 2 unspecified atom stereocenters. The first-order chi connectivity index (χ1) is 18.9. The summed E-state index contributed by atoms with van der Waals surface area (Å²) in [5.41, 5.74) is 4.36. The summed E-state index contributed by atoms with van der Waals surface area (Å²) < 4.78 is 17.2. The number of amides is 1. The number of carbonyl (C=O) groups excluding carboxylic acids is 2. The molecule has 2 heterocycles. The third-order valence-corrected chi connectivity index (χ3v) is 6.72. The van der Waals surface area contributed by atoms with Crippen LogP contribution in [-0.2, 0) is 27.2 Å². The molecule has 8 nitrogen and oxygen atoms in total. The molecule has 1 aliphatic heterocycles. The van der Waals surface area contributed by atoms with Gasteiger partial charge in [-0.05, 0) is 62.2 Å². The normalized spacial score (nSPS) is 16.7. The largest absolute Gasteiger partial charge is 0.466 e. The molecule has 1 saturated heterocycles. The molecule has 1 N–H and O–H groups in total. The third-order valence-electron chi connectivity index (χ3n) is 6.72. The van der Waals surface area contributed by atoms with Gasteiger partial charge in [-0.25, -0.2) is 9.78 Å². The zero-order valence-electron chi connectivity index (χ0n) is 22.2. The first-order valence-corrected chi connectivity index (χ1v) is 13.0. The summed E-state index contributed by atoms with van der Waals surface area (Å²) >= 11 is 0. The van der Waals surface area contributed by atoms with Gasteiger partial charge in [0.15, 0.2) is 0 Å². The molecule has 39 heavy (non-hydrogen) atoms. The number of carbonyl (C=O) groups is 2. The van der Waals surface area contributed by atoms with Gasteiger partial charge in [-0.2, -0.15) is 0 Å². The molecular weight excluding hydrogens is 494 g/mol. The number of rotatable bonds is 9. The van der Waals surface area contributed by atoms with Gasteiger partial charge in [-0.15, -0.1) is 0 Å². The molecule has 3 aromatic carbocycles. The summed E-state index contributed by atoms with van der Waals surface area (Å²) in [6.07, 6.45) is 1.21. The van der Waals surface area contributed by atoms with Crippen molar-refractivity contribution in [3.05, 3.63) is 102 Å². The molecule has 0 saturated carbocycles. The molecule has 1 aliphatic rings. The number of aromatic nitrogens is 2. The van der Waals surface area contributed by atoms with Crippen LogP contribution in [0.1, 0.15) is 42.5 Å². The molecule has 5 rings (SSSR count). The molecule has 0 bridgehead atoms. The minimum atomic E-state index is -0.374. The molecule has 2 atom stereocenters. The lowest BCUT2D eigenvalue weighted by Gasteiger charge is -2.23. The van der Waals surface area contributed by atoms with Crippen LogP contribution in [0, 0.1) is 6.92 Å². The van der Waals surface area contributed by atoms with E-state index in [1.54, 1.807) is 18.0 Å². The van der Waals surface area contributed by atoms with Gasteiger partial charge in [-0.1, -0.05) is 42.5 Å². The van der Waals surface area contributed by atoms with Crippen LogP contribution >= 0.6 is 0 Å². The van der Waals surface area contributed by atoms with Crippen molar-refractivity contribution in [1.82, 2.24) is 14.9 Å². The molecule has 1 amide bonds. The first kappa shape index (κ1) is 26.0. The Kier molecular flexibility index (Phi) is 7.63. The van der Waals surface area contributed by atoms with Crippen LogP contribution in [0.3, 0.4) is 0 Å². The number of aryl methyl sites for hydroxylation is 1. The summed E-state index contributed by atoms with van der Waals surface area (Å²) in [5, 5.41) is 0. The van der Waals surface area contributed by atoms with Gasteiger partial charge in [0.1, 0.15) is 23.4 Å². The maximum atomic E-state index is 13.0. The third kappa shape index (κ3) is 5.95. The van der Waals surface area contributed by atoms with Crippen LogP contribution in [0.5, 0.6) is 11.5 Å². The molecule has 200 valence electrons. The van der Waals surface area contributed by atoms with E-state index in [-0.39, 0.29) is 30.6 Å². The van der Waals surface area contributed by atoms with E-state index < -0.39 is 0 Å². The Morgan fingerprint density at radius 1 is 1.08 bits per heavy atom. The highest BCUT2D eigenvalue weighted by atomic mass is 16.6. The lowest BCUT2D eigenvalue weighted by atomic mass is 10.0. The van der Waals surface area contributed by atoms with E-state index >= 15 is 0 Å². The van der Waals surface area contributed by atoms with Gasteiger partial charge < -0.3 is 19.2 Å². The number of ether oxygens (including phenoxy) is 3. The van der Waals surface area contributed by atoms with Gasteiger partial charge in [-0.3, -0.25) is 9.69 Å². The Labute approximate surface area is 227 Å². The van der Waals surface area contributed by atoms with E-state index in [2.05, 4.69) is 9.97 Å². The fourth-order valence-electron chi connectivity index (χ4n) is 4.75. The van der Waals surface area contributed by atoms with Crippen molar-refractivity contribution in [3.63, 3.8) is 0 Å². The summed E-state index contributed by atoms with van der Waals surface area (Å²) in [5.74, 6) is 1.71. The van der Waals surface area contributed by atoms with E-state index in [1.165, 1.54) is 0 Å². The van der Waals surface area contributed by atoms with Crippen molar-refractivity contribution in [2.75, 3.05) is 6.61 Å². The van der Waals surface area contributed by atoms with E-state index in [1.807, 2.05) is 86.6 Å². The zero-order chi connectivity index (χ0) is 27.4. The smallest absolute Gasteiger partial charge is 0.411 e. The fourth-order valence-corrected chi connectivity index (χ4v) is 4.75. The monoisotopic (exact) mass is 525 g/mol. The van der Waals surface area contributed by atoms with E-state index in [9.17, 15) is 9.59 Å². The van der Waals surface area contributed by atoms with Crippen LogP contribution in [0.25, 0.3) is 11.3 Å². The fraction of sp³-hybridized carbons (Fsp3) is 0.258. The summed E-state index contributed by atoms with van der Waals surface area (Å²) in [7, 11) is 0. The summed E-state index contributed by atoms with van der Waals surface area (Å²) in [4.78, 5) is 34.3. The van der Waals surface area contributed by atoms with Crippen LogP contribution in [0.15, 0.2) is 79.0 Å². The van der Waals surface area contributed by atoms with Crippen molar-refractivity contribution < 1.29 is 23.8 Å². The Morgan fingerprint density at radius 3 is 2.64 bits per heavy atom. The number of hydrogen-bond donors (Lipinski definition) is 1. The second kappa shape index (κ2) is 11.4. The highest BCUT2D eigenvalue weighted by molar-refractivity contribution is 5.73. The van der Waals surface area contributed by atoms with Crippen molar-refractivity contribution >= 4 is 12.1 Å². The van der Waals surface area contributed by atoms with E-state index in [0.717, 1.165) is 33.8 Å². The highest BCUT2D eigenvalue weighted by Gasteiger charge is 2.39. The molecule has 1 aromatic heterocycles. The van der Waals surface area contributed by atoms with Crippen molar-refractivity contribution in [2.45, 2.75) is 45.9 Å². The average Bonchev–Trinajstić information content (AvgIpc) is 3.48. The van der Waals surface area contributed by atoms with Gasteiger partial charge in [0, 0.05) is 11.1 Å². The molecule has 0 radical (unpaired) electrons. The lowest BCUT2D eigenvalue weighted by molar-refractivity contribution is -0.142. The van der Waals surface area contributed by atoms with E-state index in [0.29, 0.717) is 24.7 Å². The molecule has 0 spiro atoms. The highest BCUT2D eigenvalue weighted by Crippen LogP contribution is 2.36. The summed E-state index contributed by atoms with van der Waals surface area (Å²) in [6, 6.07) is 22.8. The van der Waals surface area contributed by atoms with Gasteiger partial charge in [0.2, 0.25) is 0 Å². The van der Waals surface area contributed by atoms with Crippen LogP contribution in [-0.4, -0.2) is 39.6 Å². The van der Waals surface area contributed by atoms with Crippen LogP contribution in [0.2, 0.25) is 0 Å². The van der Waals surface area contributed by atoms with Crippen molar-refractivity contribution in [2.24, 2.45) is 0 Å².